The summed E-state index contributed by atoms with van der Waals surface area (Å²) in [6, 6.07) is -0.625. The number of nitrogens with zero attached hydrogens (tertiary/aromatic N) is 4. The van der Waals surface area contributed by atoms with Crippen molar-refractivity contribution in [3.63, 3.8) is 0 Å². The number of hydrogen-bond acceptors (Lipinski definition) is 6. The molecule has 4 N–H and O–H groups in total. The second-order valence-electron chi connectivity index (χ2n) is 4.38. The Morgan fingerprint density at radius 1 is 1.32 bits per heavy atom. The largest absolute Gasteiger partial charge is 0.388 e. The SMILES string of the molecule is Nc1ncnc2c1ncn2[C@@H]1C=C(CF)[C@@H](O)[C@@H]1O. The molecule has 0 fully saturated rings. The van der Waals surface area contributed by atoms with Crippen molar-refractivity contribution in [1.82, 2.24) is 19.5 Å². The number of rotatable bonds is 2. The van der Waals surface area contributed by atoms with Gasteiger partial charge in [-0.25, -0.2) is 19.3 Å². The lowest BCUT2D eigenvalue weighted by molar-refractivity contribution is 0.0307. The molecular formula is C11H12FN5O2. The molecule has 0 aromatic carbocycles. The van der Waals surface area contributed by atoms with Crippen LogP contribution in [-0.4, -0.2) is 48.6 Å². The van der Waals surface area contributed by atoms with E-state index in [2.05, 4.69) is 15.0 Å². The van der Waals surface area contributed by atoms with Crippen molar-refractivity contribution in [1.29, 1.82) is 0 Å². The minimum atomic E-state index is -1.22. The number of aromatic nitrogens is 4. The Morgan fingerprint density at radius 2 is 2.11 bits per heavy atom. The molecule has 2 heterocycles. The Balaban J connectivity index is 2.11. The van der Waals surface area contributed by atoms with E-state index in [-0.39, 0.29) is 11.4 Å². The normalized spacial score (nSPS) is 26.9. The highest BCUT2D eigenvalue weighted by Gasteiger charge is 2.36. The Labute approximate surface area is 107 Å². The zero-order valence-electron chi connectivity index (χ0n) is 9.81. The molecule has 100 valence electrons. The van der Waals surface area contributed by atoms with Gasteiger partial charge in [-0.15, -0.1) is 0 Å². The van der Waals surface area contributed by atoms with Gasteiger partial charge in [0.1, 0.15) is 30.7 Å². The van der Waals surface area contributed by atoms with E-state index < -0.39 is 24.9 Å². The molecule has 8 heteroatoms. The van der Waals surface area contributed by atoms with Gasteiger partial charge in [0.2, 0.25) is 0 Å². The highest BCUT2D eigenvalue weighted by molar-refractivity contribution is 5.81. The lowest BCUT2D eigenvalue weighted by atomic mass is 10.1. The third-order valence-corrected chi connectivity index (χ3v) is 3.30. The predicted octanol–water partition coefficient (Wildman–Crippen LogP) is -0.419. The predicted molar refractivity (Wildman–Crippen MR) is 64.8 cm³/mol. The number of alkyl halides is 1. The number of anilines is 1. The van der Waals surface area contributed by atoms with Crippen molar-refractivity contribution < 1.29 is 14.6 Å². The van der Waals surface area contributed by atoms with Gasteiger partial charge in [-0.1, -0.05) is 6.08 Å². The number of nitrogen functional groups attached to an aromatic ring is 1. The van der Waals surface area contributed by atoms with Crippen LogP contribution in [0.2, 0.25) is 0 Å². The van der Waals surface area contributed by atoms with Crippen LogP contribution in [0.3, 0.4) is 0 Å². The van der Waals surface area contributed by atoms with E-state index in [0.29, 0.717) is 11.2 Å². The summed E-state index contributed by atoms with van der Waals surface area (Å²) in [5, 5.41) is 19.7. The number of halogens is 1. The first-order chi connectivity index (χ1) is 9.13. The Kier molecular flexibility index (Phi) is 2.68. The second-order valence-corrected chi connectivity index (χ2v) is 4.38. The van der Waals surface area contributed by atoms with Gasteiger partial charge in [0.05, 0.1) is 12.4 Å². The summed E-state index contributed by atoms with van der Waals surface area (Å²) < 4.78 is 14.3. The summed E-state index contributed by atoms with van der Waals surface area (Å²) >= 11 is 0. The van der Waals surface area contributed by atoms with Crippen molar-refractivity contribution in [3.05, 3.63) is 24.3 Å². The number of aliphatic hydroxyl groups excluding tert-OH is 2. The van der Waals surface area contributed by atoms with Crippen LogP contribution in [0.15, 0.2) is 24.3 Å². The van der Waals surface area contributed by atoms with Crippen LogP contribution in [0, 0.1) is 0 Å². The van der Waals surface area contributed by atoms with Gasteiger partial charge in [-0.05, 0) is 5.57 Å². The van der Waals surface area contributed by atoms with Crippen molar-refractivity contribution in [2.75, 3.05) is 12.4 Å². The number of aliphatic hydroxyl groups is 2. The fourth-order valence-corrected chi connectivity index (χ4v) is 2.28. The van der Waals surface area contributed by atoms with Gasteiger partial charge in [0.15, 0.2) is 11.5 Å². The minimum Gasteiger partial charge on any atom is -0.388 e. The molecule has 19 heavy (non-hydrogen) atoms. The summed E-state index contributed by atoms with van der Waals surface area (Å²) in [4.78, 5) is 11.9. The summed E-state index contributed by atoms with van der Waals surface area (Å²) in [6.07, 6.45) is 1.85. The Morgan fingerprint density at radius 3 is 2.79 bits per heavy atom. The zero-order chi connectivity index (χ0) is 13.6. The van der Waals surface area contributed by atoms with Crippen LogP contribution in [0.4, 0.5) is 10.2 Å². The molecule has 0 aliphatic heterocycles. The molecule has 3 atom stereocenters. The topological polar surface area (TPSA) is 110 Å². The third-order valence-electron chi connectivity index (χ3n) is 3.30. The van der Waals surface area contributed by atoms with Gasteiger partial charge in [0, 0.05) is 0 Å². The maximum atomic E-state index is 12.7. The second kappa shape index (κ2) is 4.25. The summed E-state index contributed by atoms with van der Waals surface area (Å²) in [5.74, 6) is 0.228. The lowest BCUT2D eigenvalue weighted by Crippen LogP contribution is -2.29. The maximum Gasteiger partial charge on any atom is 0.166 e. The fourth-order valence-electron chi connectivity index (χ4n) is 2.28. The third kappa shape index (κ3) is 1.68. The average molecular weight is 265 g/mol. The molecule has 1 aliphatic carbocycles. The molecule has 3 rings (SSSR count). The molecule has 0 saturated heterocycles. The van der Waals surface area contributed by atoms with E-state index in [1.54, 1.807) is 4.57 Å². The fraction of sp³-hybridized carbons (Fsp3) is 0.364. The van der Waals surface area contributed by atoms with Crippen LogP contribution >= 0.6 is 0 Å². The van der Waals surface area contributed by atoms with Crippen molar-refractivity contribution in [3.8, 4) is 0 Å². The number of nitrogens with two attached hydrogens (primary N) is 1. The van der Waals surface area contributed by atoms with Crippen molar-refractivity contribution in [2.24, 2.45) is 0 Å². The Hall–Kier alpha value is -2.06. The van der Waals surface area contributed by atoms with Crippen molar-refractivity contribution in [2.45, 2.75) is 18.2 Å². The van der Waals surface area contributed by atoms with Crippen LogP contribution in [-0.2, 0) is 0 Å². The van der Waals surface area contributed by atoms with E-state index in [4.69, 9.17) is 5.73 Å². The number of fused-ring (bicyclic) bond motifs is 1. The van der Waals surface area contributed by atoms with Crippen LogP contribution in [0.5, 0.6) is 0 Å². The van der Waals surface area contributed by atoms with Gasteiger partial charge in [-0.3, -0.25) is 0 Å². The molecule has 2 aromatic rings. The maximum absolute atomic E-state index is 12.7. The van der Waals surface area contributed by atoms with E-state index >= 15 is 0 Å². The van der Waals surface area contributed by atoms with E-state index in [0.717, 1.165) is 0 Å². The standard InChI is InChI=1S/C11H12FN5O2/c12-2-5-1-6(9(19)8(5)18)17-4-16-7-10(13)14-3-15-11(7)17/h1,3-4,6,8-9,18-19H,2H2,(H2,13,14,15)/t6-,8-,9-/m1/s1. The van der Waals surface area contributed by atoms with Crippen LogP contribution in [0.1, 0.15) is 6.04 Å². The quantitative estimate of drug-likeness (QED) is 0.636. The van der Waals surface area contributed by atoms with Crippen LogP contribution in [0.25, 0.3) is 11.2 Å². The molecule has 0 spiro atoms. The van der Waals surface area contributed by atoms with Gasteiger partial charge in [0.25, 0.3) is 0 Å². The summed E-state index contributed by atoms with van der Waals surface area (Å²) in [7, 11) is 0. The van der Waals surface area contributed by atoms with E-state index in [9.17, 15) is 14.6 Å². The first-order valence-electron chi connectivity index (χ1n) is 5.69. The zero-order valence-corrected chi connectivity index (χ0v) is 9.81. The number of hydrogen-bond donors (Lipinski definition) is 3. The minimum absolute atomic E-state index is 0.154. The molecule has 0 radical (unpaired) electrons. The highest BCUT2D eigenvalue weighted by Crippen LogP contribution is 2.31. The first kappa shape index (κ1) is 12.0. The molecule has 0 amide bonds. The average Bonchev–Trinajstić information content (AvgIpc) is 2.94. The van der Waals surface area contributed by atoms with Gasteiger partial charge >= 0.3 is 0 Å². The van der Waals surface area contributed by atoms with E-state index in [1.807, 2.05) is 0 Å². The molecule has 1 aliphatic rings. The van der Waals surface area contributed by atoms with Gasteiger partial charge in [-0.2, -0.15) is 0 Å². The van der Waals surface area contributed by atoms with E-state index in [1.165, 1.54) is 18.7 Å². The molecule has 2 aromatic heterocycles. The lowest BCUT2D eigenvalue weighted by Gasteiger charge is -2.18. The molecule has 7 nitrogen and oxygen atoms in total. The molecule has 0 unspecified atom stereocenters. The number of imidazole rings is 1. The smallest absolute Gasteiger partial charge is 0.166 e. The molecule has 0 saturated carbocycles. The summed E-state index contributed by atoms with van der Waals surface area (Å²) in [5.41, 5.74) is 6.66. The highest BCUT2D eigenvalue weighted by atomic mass is 19.1. The monoisotopic (exact) mass is 265 g/mol. The summed E-state index contributed by atoms with van der Waals surface area (Å²) in [6.45, 7) is -0.807. The van der Waals surface area contributed by atoms with Gasteiger partial charge < -0.3 is 20.5 Å². The van der Waals surface area contributed by atoms with Crippen LogP contribution < -0.4 is 5.73 Å². The molecule has 0 bridgehead atoms. The molecular weight excluding hydrogens is 253 g/mol. The first-order valence-corrected chi connectivity index (χ1v) is 5.69. The Bertz CT molecular complexity index is 656. The van der Waals surface area contributed by atoms with Crippen molar-refractivity contribution >= 4 is 17.0 Å².